The van der Waals surface area contributed by atoms with Crippen LogP contribution in [-0.4, -0.2) is 22.9 Å². The van der Waals surface area contributed by atoms with E-state index in [1.807, 2.05) is 45.2 Å². The Labute approximate surface area is 142 Å². The molecule has 1 N–H and O–H groups in total. The number of carboxylic acid groups (broad SMARTS) is 1. The van der Waals surface area contributed by atoms with Crippen molar-refractivity contribution in [2.24, 2.45) is 0 Å². The van der Waals surface area contributed by atoms with Crippen LogP contribution < -0.4 is 4.90 Å². The predicted molar refractivity (Wildman–Crippen MR) is 89.7 cm³/mol. The van der Waals surface area contributed by atoms with Crippen LogP contribution in [0.1, 0.15) is 24.2 Å². The first-order valence-electron chi connectivity index (χ1n) is 5.54. The smallest absolute Gasteiger partial charge is 0.335 e. The van der Waals surface area contributed by atoms with Gasteiger partial charge >= 0.3 is 5.97 Å². The summed E-state index contributed by atoms with van der Waals surface area (Å²) in [6.45, 7) is 3.22. The second kappa shape index (κ2) is 5.43. The van der Waals surface area contributed by atoms with E-state index in [0.29, 0.717) is 24.0 Å². The molecule has 0 unspecified atom stereocenters. The molecule has 1 aromatic rings. The molecule has 104 valence electrons. The molecule has 1 aromatic carbocycles. The third kappa shape index (κ3) is 2.36. The Hall–Kier alpha value is -0.970. The number of carbonyl (C=O) groups is 3. The molecule has 0 fully saturated rings. The molecular weight excluding hydrogens is 488 g/mol. The first kappa shape index (κ1) is 15.4. The molecule has 20 heavy (non-hydrogen) atoms. The van der Waals surface area contributed by atoms with Gasteiger partial charge < -0.3 is 5.11 Å². The number of carbonyl (C=O) groups excluding carboxylic acids is 2. The second-order valence-corrected chi connectivity index (χ2v) is 6.61. The summed E-state index contributed by atoms with van der Waals surface area (Å²) in [6, 6.07) is 2.90. The highest BCUT2D eigenvalue weighted by Crippen LogP contribution is 2.35. The van der Waals surface area contributed by atoms with Gasteiger partial charge in [-0.1, -0.05) is 0 Å². The van der Waals surface area contributed by atoms with Crippen molar-refractivity contribution in [2.45, 2.75) is 13.8 Å². The highest BCUT2D eigenvalue weighted by atomic mass is 127. The van der Waals surface area contributed by atoms with E-state index in [-0.39, 0.29) is 17.4 Å². The Morgan fingerprint density at radius 2 is 1.45 bits per heavy atom. The minimum absolute atomic E-state index is 0.128. The summed E-state index contributed by atoms with van der Waals surface area (Å²) in [4.78, 5) is 36.5. The van der Waals surface area contributed by atoms with Crippen molar-refractivity contribution in [3.05, 3.63) is 36.0 Å². The van der Waals surface area contributed by atoms with E-state index in [1.165, 1.54) is 12.1 Å². The van der Waals surface area contributed by atoms with Gasteiger partial charge in [0.25, 0.3) is 11.8 Å². The van der Waals surface area contributed by atoms with Crippen LogP contribution in [0.2, 0.25) is 0 Å². The number of anilines is 1. The van der Waals surface area contributed by atoms with Crippen molar-refractivity contribution >= 4 is 68.7 Å². The van der Waals surface area contributed by atoms with Gasteiger partial charge in [0.1, 0.15) is 0 Å². The Morgan fingerprint density at radius 3 is 1.80 bits per heavy atom. The second-order valence-electron chi connectivity index (χ2n) is 4.29. The zero-order valence-corrected chi connectivity index (χ0v) is 14.8. The molecule has 0 saturated heterocycles. The molecule has 5 nitrogen and oxygen atoms in total. The van der Waals surface area contributed by atoms with Crippen molar-refractivity contribution in [1.82, 2.24) is 0 Å². The summed E-state index contributed by atoms with van der Waals surface area (Å²) < 4.78 is 1.10. The van der Waals surface area contributed by atoms with Gasteiger partial charge in [-0.2, -0.15) is 0 Å². The molecule has 1 heterocycles. The molecule has 0 radical (unpaired) electrons. The van der Waals surface area contributed by atoms with Gasteiger partial charge in [0.2, 0.25) is 0 Å². The van der Waals surface area contributed by atoms with Crippen LogP contribution in [0.3, 0.4) is 0 Å². The van der Waals surface area contributed by atoms with Gasteiger partial charge in [0.15, 0.2) is 0 Å². The number of nitrogens with zero attached hydrogens (tertiary/aromatic N) is 1. The fourth-order valence-electron chi connectivity index (χ4n) is 1.85. The quantitative estimate of drug-likeness (QED) is 0.504. The van der Waals surface area contributed by atoms with E-state index in [4.69, 9.17) is 5.11 Å². The topological polar surface area (TPSA) is 74.7 Å². The maximum atomic E-state index is 12.2. The van der Waals surface area contributed by atoms with Crippen molar-refractivity contribution in [2.75, 3.05) is 4.90 Å². The van der Waals surface area contributed by atoms with E-state index in [9.17, 15) is 14.4 Å². The van der Waals surface area contributed by atoms with Gasteiger partial charge in [0, 0.05) is 18.3 Å². The lowest BCUT2D eigenvalue weighted by Crippen LogP contribution is -2.32. The number of amides is 2. The maximum Gasteiger partial charge on any atom is 0.335 e. The van der Waals surface area contributed by atoms with Crippen LogP contribution in [0.4, 0.5) is 5.69 Å². The van der Waals surface area contributed by atoms with Crippen molar-refractivity contribution in [1.29, 1.82) is 0 Å². The fourth-order valence-corrected chi connectivity index (χ4v) is 4.10. The number of hydrogen-bond acceptors (Lipinski definition) is 3. The lowest BCUT2D eigenvalue weighted by Gasteiger charge is -2.19. The van der Waals surface area contributed by atoms with Gasteiger partial charge in [-0.3, -0.25) is 9.59 Å². The maximum absolute atomic E-state index is 12.2. The minimum atomic E-state index is -1.04. The Morgan fingerprint density at radius 1 is 1.05 bits per heavy atom. The largest absolute Gasteiger partial charge is 0.478 e. The van der Waals surface area contributed by atoms with Crippen LogP contribution in [0.5, 0.6) is 0 Å². The van der Waals surface area contributed by atoms with E-state index in [1.54, 1.807) is 13.8 Å². The molecule has 0 saturated carbocycles. The van der Waals surface area contributed by atoms with Crippen LogP contribution in [0.15, 0.2) is 23.3 Å². The molecule has 0 aromatic heterocycles. The summed E-state index contributed by atoms with van der Waals surface area (Å²) in [6.07, 6.45) is 0. The third-order valence-corrected chi connectivity index (χ3v) is 4.74. The first-order chi connectivity index (χ1) is 9.25. The lowest BCUT2D eigenvalue weighted by molar-refractivity contribution is -0.120. The number of carboxylic acids is 1. The number of aromatic carboxylic acids is 1. The minimum Gasteiger partial charge on any atom is -0.478 e. The molecule has 1 aliphatic rings. The van der Waals surface area contributed by atoms with Crippen LogP contribution in [0.25, 0.3) is 0 Å². The normalized spacial score (nSPS) is 15.3. The standard InChI is InChI=1S/C13H9I2NO4/c1-5-6(2)12(18)16(11(5)17)10-8(14)3-7(13(19)20)4-9(10)15/h3-4H,1-2H3,(H,19,20). The zero-order chi connectivity index (χ0) is 15.2. The van der Waals surface area contributed by atoms with Gasteiger partial charge in [-0.05, 0) is 71.2 Å². The first-order valence-corrected chi connectivity index (χ1v) is 7.70. The Balaban J connectivity index is 2.59. The van der Waals surface area contributed by atoms with E-state index >= 15 is 0 Å². The van der Waals surface area contributed by atoms with Crippen molar-refractivity contribution in [3.63, 3.8) is 0 Å². The van der Waals surface area contributed by atoms with Crippen LogP contribution >= 0.6 is 45.2 Å². The molecule has 0 atom stereocenters. The van der Waals surface area contributed by atoms with Gasteiger partial charge in [-0.25, -0.2) is 9.69 Å². The molecule has 7 heteroatoms. The van der Waals surface area contributed by atoms with Crippen LogP contribution in [0, 0.1) is 7.14 Å². The summed E-state index contributed by atoms with van der Waals surface area (Å²) in [5.41, 5.74) is 1.42. The van der Waals surface area contributed by atoms with Gasteiger partial charge in [-0.15, -0.1) is 0 Å². The summed E-state index contributed by atoms with van der Waals surface area (Å²) >= 11 is 3.87. The molecule has 2 amide bonds. The highest BCUT2D eigenvalue weighted by Gasteiger charge is 2.36. The SMILES string of the molecule is CC1=C(C)C(=O)N(c2c(I)cc(C(=O)O)cc2I)C1=O. The zero-order valence-electron chi connectivity index (χ0n) is 10.5. The molecular formula is C13H9I2NO4. The lowest BCUT2D eigenvalue weighted by atomic mass is 10.2. The van der Waals surface area contributed by atoms with Crippen molar-refractivity contribution < 1.29 is 19.5 Å². The average Bonchev–Trinajstić information content (AvgIpc) is 2.55. The fraction of sp³-hybridized carbons (Fsp3) is 0.154. The number of rotatable bonds is 2. The monoisotopic (exact) mass is 497 g/mol. The Kier molecular flexibility index (Phi) is 4.19. The number of hydrogen-bond donors (Lipinski definition) is 1. The number of benzene rings is 1. The van der Waals surface area contributed by atoms with Crippen molar-refractivity contribution in [3.8, 4) is 0 Å². The summed E-state index contributed by atoms with van der Waals surface area (Å²) in [5.74, 6) is -1.75. The molecule has 0 spiro atoms. The van der Waals surface area contributed by atoms with Gasteiger partial charge in [0.05, 0.1) is 11.3 Å². The number of imide groups is 1. The van der Waals surface area contributed by atoms with E-state index in [2.05, 4.69) is 0 Å². The van der Waals surface area contributed by atoms with E-state index < -0.39 is 5.97 Å². The van der Waals surface area contributed by atoms with Crippen LogP contribution in [-0.2, 0) is 9.59 Å². The van der Waals surface area contributed by atoms with E-state index in [0.717, 1.165) is 4.90 Å². The molecule has 0 aliphatic carbocycles. The number of halogens is 2. The summed E-state index contributed by atoms with van der Waals surface area (Å²) in [7, 11) is 0. The predicted octanol–water partition coefficient (Wildman–Crippen LogP) is 2.80. The average molecular weight is 497 g/mol. The molecule has 2 rings (SSSR count). The third-order valence-electron chi connectivity index (χ3n) is 3.10. The highest BCUT2D eigenvalue weighted by molar-refractivity contribution is 14.1. The Bertz CT molecular complexity index is 647. The molecule has 1 aliphatic heterocycles. The summed E-state index contributed by atoms with van der Waals surface area (Å²) in [5, 5.41) is 9.02. The molecule has 0 bridgehead atoms.